The molecule has 0 spiro atoms. The van der Waals surface area contributed by atoms with E-state index < -0.39 is 0 Å². The highest BCUT2D eigenvalue weighted by Gasteiger charge is 2.32. The molecule has 0 aromatic heterocycles. The average Bonchev–Trinajstić information content (AvgIpc) is 2.75. The Morgan fingerprint density at radius 2 is 2.38 bits per heavy atom. The van der Waals surface area contributed by atoms with Crippen LogP contribution in [0.2, 0.25) is 0 Å². The SMILES string of the molecule is CC(CC#N)N(C)C(=O)C1CCC(CN)O1. The van der Waals surface area contributed by atoms with Crippen molar-refractivity contribution in [2.75, 3.05) is 13.6 Å². The molecule has 3 unspecified atom stereocenters. The highest BCUT2D eigenvalue weighted by atomic mass is 16.5. The molecule has 1 heterocycles. The van der Waals surface area contributed by atoms with Gasteiger partial charge in [-0.15, -0.1) is 0 Å². The Hall–Kier alpha value is -1.12. The predicted molar refractivity (Wildman–Crippen MR) is 59.4 cm³/mol. The molecule has 1 rings (SSSR count). The summed E-state index contributed by atoms with van der Waals surface area (Å²) in [5.74, 6) is -0.0429. The molecular formula is C11H19N3O2. The van der Waals surface area contributed by atoms with Crippen molar-refractivity contribution < 1.29 is 9.53 Å². The molecule has 0 bridgehead atoms. The van der Waals surface area contributed by atoms with Gasteiger partial charge in [-0.3, -0.25) is 4.79 Å². The van der Waals surface area contributed by atoms with E-state index in [0.29, 0.717) is 13.0 Å². The van der Waals surface area contributed by atoms with Crippen LogP contribution in [0.15, 0.2) is 0 Å². The van der Waals surface area contributed by atoms with Gasteiger partial charge < -0.3 is 15.4 Å². The standard InChI is InChI=1S/C11H19N3O2/c1-8(5-6-12)14(2)11(15)10-4-3-9(7-13)16-10/h8-10H,3-5,7,13H2,1-2H3. The normalized spacial score (nSPS) is 26.1. The molecule has 5 heteroatoms. The van der Waals surface area contributed by atoms with Crippen molar-refractivity contribution in [3.05, 3.63) is 0 Å². The van der Waals surface area contributed by atoms with Crippen LogP contribution in [-0.4, -0.2) is 42.6 Å². The molecule has 1 aliphatic rings. The van der Waals surface area contributed by atoms with E-state index in [-0.39, 0.29) is 24.2 Å². The van der Waals surface area contributed by atoms with Crippen molar-refractivity contribution in [3.63, 3.8) is 0 Å². The number of carbonyl (C=O) groups excluding carboxylic acids is 1. The van der Waals surface area contributed by atoms with E-state index in [1.54, 1.807) is 11.9 Å². The fourth-order valence-electron chi connectivity index (χ4n) is 1.77. The number of likely N-dealkylation sites (N-methyl/N-ethyl adjacent to an activating group) is 1. The zero-order chi connectivity index (χ0) is 12.1. The van der Waals surface area contributed by atoms with Gasteiger partial charge in [0, 0.05) is 19.6 Å². The summed E-state index contributed by atoms with van der Waals surface area (Å²) in [5.41, 5.74) is 5.49. The molecule has 16 heavy (non-hydrogen) atoms. The summed E-state index contributed by atoms with van der Waals surface area (Å²) in [7, 11) is 1.71. The van der Waals surface area contributed by atoms with Gasteiger partial charge in [0.15, 0.2) is 0 Å². The summed E-state index contributed by atoms with van der Waals surface area (Å²) in [5, 5.41) is 8.58. The van der Waals surface area contributed by atoms with Crippen LogP contribution in [0, 0.1) is 11.3 Å². The number of nitrogens with zero attached hydrogens (tertiary/aromatic N) is 2. The molecular weight excluding hydrogens is 206 g/mol. The Labute approximate surface area is 96.2 Å². The summed E-state index contributed by atoms with van der Waals surface area (Å²) in [6.45, 7) is 2.32. The Kier molecular flexibility index (Phi) is 4.71. The van der Waals surface area contributed by atoms with Gasteiger partial charge in [0.25, 0.3) is 5.91 Å². The molecule has 0 aromatic rings. The van der Waals surface area contributed by atoms with Crippen molar-refractivity contribution in [3.8, 4) is 6.07 Å². The lowest BCUT2D eigenvalue weighted by Gasteiger charge is -2.25. The van der Waals surface area contributed by atoms with Crippen LogP contribution in [0.1, 0.15) is 26.2 Å². The van der Waals surface area contributed by atoms with Crippen LogP contribution in [0.4, 0.5) is 0 Å². The first kappa shape index (κ1) is 12.9. The molecule has 1 saturated heterocycles. The molecule has 90 valence electrons. The van der Waals surface area contributed by atoms with Crippen LogP contribution in [0.5, 0.6) is 0 Å². The minimum atomic E-state index is -0.375. The van der Waals surface area contributed by atoms with Crippen LogP contribution < -0.4 is 5.73 Å². The van der Waals surface area contributed by atoms with E-state index in [1.165, 1.54) is 0 Å². The third-order valence-electron chi connectivity index (χ3n) is 3.04. The monoisotopic (exact) mass is 225 g/mol. The van der Waals surface area contributed by atoms with E-state index in [1.807, 2.05) is 6.92 Å². The lowest BCUT2D eigenvalue weighted by molar-refractivity contribution is -0.143. The molecule has 0 aromatic carbocycles. The largest absolute Gasteiger partial charge is 0.364 e. The highest BCUT2D eigenvalue weighted by Crippen LogP contribution is 2.21. The molecule has 1 aliphatic heterocycles. The first-order valence-electron chi connectivity index (χ1n) is 5.59. The van der Waals surface area contributed by atoms with Gasteiger partial charge in [-0.25, -0.2) is 0 Å². The van der Waals surface area contributed by atoms with Crippen molar-refractivity contribution >= 4 is 5.91 Å². The van der Waals surface area contributed by atoms with Crippen molar-refractivity contribution in [2.24, 2.45) is 5.73 Å². The predicted octanol–water partition coefficient (Wildman–Crippen LogP) is 0.253. The second-order valence-electron chi connectivity index (χ2n) is 4.22. The summed E-state index contributed by atoms with van der Waals surface area (Å²) in [4.78, 5) is 13.6. The lowest BCUT2D eigenvalue weighted by atomic mass is 10.1. The summed E-state index contributed by atoms with van der Waals surface area (Å²) >= 11 is 0. The maximum Gasteiger partial charge on any atom is 0.251 e. The zero-order valence-corrected chi connectivity index (χ0v) is 9.85. The topological polar surface area (TPSA) is 79.4 Å². The fraction of sp³-hybridized carbons (Fsp3) is 0.818. The number of hydrogen-bond donors (Lipinski definition) is 1. The quantitative estimate of drug-likeness (QED) is 0.744. The summed E-state index contributed by atoms with van der Waals surface area (Å²) in [6.07, 6.45) is 1.54. The van der Waals surface area contributed by atoms with Crippen molar-refractivity contribution in [1.29, 1.82) is 5.26 Å². The van der Waals surface area contributed by atoms with Crippen molar-refractivity contribution in [2.45, 2.75) is 44.4 Å². The smallest absolute Gasteiger partial charge is 0.251 e. The lowest BCUT2D eigenvalue weighted by Crippen LogP contribution is -2.42. The van der Waals surface area contributed by atoms with Crippen LogP contribution in [0.3, 0.4) is 0 Å². The van der Waals surface area contributed by atoms with E-state index in [9.17, 15) is 4.79 Å². The van der Waals surface area contributed by atoms with Crippen molar-refractivity contribution in [1.82, 2.24) is 4.90 Å². The number of hydrogen-bond acceptors (Lipinski definition) is 4. The molecule has 5 nitrogen and oxygen atoms in total. The number of ether oxygens (including phenoxy) is 1. The first-order valence-corrected chi connectivity index (χ1v) is 5.59. The Morgan fingerprint density at radius 3 is 2.88 bits per heavy atom. The summed E-state index contributed by atoms with van der Waals surface area (Å²) in [6, 6.07) is 1.99. The average molecular weight is 225 g/mol. The van der Waals surface area contributed by atoms with Gasteiger partial charge in [0.05, 0.1) is 18.6 Å². The second-order valence-corrected chi connectivity index (χ2v) is 4.22. The van der Waals surface area contributed by atoms with Gasteiger partial charge in [0.2, 0.25) is 0 Å². The number of carbonyl (C=O) groups is 1. The Morgan fingerprint density at radius 1 is 1.69 bits per heavy atom. The summed E-state index contributed by atoms with van der Waals surface area (Å²) < 4.78 is 5.52. The van der Waals surface area contributed by atoms with E-state index in [4.69, 9.17) is 15.7 Å². The van der Waals surface area contributed by atoms with Crippen LogP contribution in [0.25, 0.3) is 0 Å². The van der Waals surface area contributed by atoms with Gasteiger partial charge in [0.1, 0.15) is 6.10 Å². The van der Waals surface area contributed by atoms with Gasteiger partial charge in [-0.1, -0.05) is 0 Å². The Bertz CT molecular complexity index is 287. The zero-order valence-electron chi connectivity index (χ0n) is 9.85. The maximum atomic E-state index is 12.0. The number of nitriles is 1. The second kappa shape index (κ2) is 5.83. The van der Waals surface area contributed by atoms with E-state index in [0.717, 1.165) is 12.8 Å². The number of nitrogens with two attached hydrogens (primary N) is 1. The number of rotatable bonds is 4. The maximum absolute atomic E-state index is 12.0. The third-order valence-corrected chi connectivity index (χ3v) is 3.04. The molecule has 2 N–H and O–H groups in total. The van der Waals surface area contributed by atoms with E-state index in [2.05, 4.69) is 6.07 Å². The molecule has 0 aliphatic carbocycles. The molecule has 3 atom stereocenters. The van der Waals surface area contributed by atoms with Crippen LogP contribution >= 0.6 is 0 Å². The minimum absolute atomic E-state index is 0.00798. The minimum Gasteiger partial charge on any atom is -0.364 e. The van der Waals surface area contributed by atoms with Gasteiger partial charge in [-0.05, 0) is 19.8 Å². The van der Waals surface area contributed by atoms with Gasteiger partial charge >= 0.3 is 0 Å². The molecule has 0 saturated carbocycles. The third kappa shape index (κ3) is 2.94. The Balaban J connectivity index is 2.49. The molecule has 1 amide bonds. The molecule has 1 fully saturated rings. The highest BCUT2D eigenvalue weighted by molar-refractivity contribution is 5.81. The van der Waals surface area contributed by atoms with E-state index >= 15 is 0 Å². The fourth-order valence-corrected chi connectivity index (χ4v) is 1.77. The first-order chi connectivity index (χ1) is 7.60. The van der Waals surface area contributed by atoms with Crippen LogP contribution in [-0.2, 0) is 9.53 Å². The number of amides is 1. The van der Waals surface area contributed by atoms with Gasteiger partial charge in [-0.2, -0.15) is 5.26 Å². The molecule has 0 radical (unpaired) electrons.